The van der Waals surface area contributed by atoms with Crippen LogP contribution in [-0.2, 0) is 11.3 Å². The number of aromatic nitrogens is 3. The van der Waals surface area contributed by atoms with E-state index in [-0.39, 0.29) is 23.5 Å². The zero-order valence-electron chi connectivity index (χ0n) is 20.1. The van der Waals surface area contributed by atoms with Crippen molar-refractivity contribution in [3.63, 3.8) is 0 Å². The summed E-state index contributed by atoms with van der Waals surface area (Å²) < 4.78 is 15.6. The second kappa shape index (κ2) is 11.1. The van der Waals surface area contributed by atoms with E-state index >= 15 is 0 Å². The first-order valence-electron chi connectivity index (χ1n) is 11.8. The number of benzene rings is 2. The first-order chi connectivity index (χ1) is 16.4. The van der Waals surface area contributed by atoms with Gasteiger partial charge in [0.15, 0.2) is 11.0 Å². The number of piperidine rings is 1. The van der Waals surface area contributed by atoms with Gasteiger partial charge < -0.3 is 4.90 Å². The first kappa shape index (κ1) is 24.4. The van der Waals surface area contributed by atoms with E-state index in [1.807, 2.05) is 30.7 Å². The zero-order chi connectivity index (χ0) is 24.1. The zero-order valence-corrected chi connectivity index (χ0v) is 20.9. The van der Waals surface area contributed by atoms with Crippen LogP contribution in [0.15, 0.2) is 53.7 Å². The van der Waals surface area contributed by atoms with Crippen molar-refractivity contribution >= 4 is 17.7 Å². The summed E-state index contributed by atoms with van der Waals surface area (Å²) in [7, 11) is 1.82. The van der Waals surface area contributed by atoms with Crippen LogP contribution in [0.4, 0.5) is 4.39 Å². The minimum atomic E-state index is -0.287. The lowest BCUT2D eigenvalue weighted by Gasteiger charge is -2.31. The number of carbonyl (C=O) groups excluding carboxylic acids is 1. The van der Waals surface area contributed by atoms with Gasteiger partial charge in [0.25, 0.3) is 0 Å². The maximum Gasteiger partial charge on any atom is 0.233 e. The maximum absolute atomic E-state index is 13.6. The Kier molecular flexibility index (Phi) is 8.00. The Bertz CT molecular complexity index is 1090. The maximum atomic E-state index is 13.6. The van der Waals surface area contributed by atoms with E-state index in [2.05, 4.69) is 34.2 Å². The van der Waals surface area contributed by atoms with Crippen molar-refractivity contribution in [3.8, 4) is 5.69 Å². The van der Waals surface area contributed by atoms with E-state index in [9.17, 15) is 9.18 Å². The molecular formula is C26H32FN5OS. The number of thioether (sulfide) groups is 1. The van der Waals surface area contributed by atoms with Gasteiger partial charge in [-0.2, -0.15) is 0 Å². The summed E-state index contributed by atoms with van der Waals surface area (Å²) in [5.74, 6) is 0.797. The SMILES string of the molecule is Cc1ccc(CN(C)C(=O)CSc2nnc([C@@H](C)N3CCCCC3)n2-c2ccc(F)cc2)cc1. The molecule has 2 heterocycles. The first-order valence-corrected chi connectivity index (χ1v) is 12.8. The van der Waals surface area contributed by atoms with Gasteiger partial charge in [-0.25, -0.2) is 4.39 Å². The highest BCUT2D eigenvalue weighted by molar-refractivity contribution is 7.99. The van der Waals surface area contributed by atoms with Gasteiger partial charge in [0.05, 0.1) is 11.8 Å². The fraction of sp³-hybridized carbons (Fsp3) is 0.423. The highest BCUT2D eigenvalue weighted by Crippen LogP contribution is 2.29. The summed E-state index contributed by atoms with van der Waals surface area (Å²) in [6.07, 6.45) is 3.62. The van der Waals surface area contributed by atoms with Gasteiger partial charge in [-0.15, -0.1) is 10.2 Å². The normalized spacial score (nSPS) is 15.3. The molecule has 0 N–H and O–H groups in total. The molecule has 1 aromatic heterocycles. The molecule has 6 nitrogen and oxygen atoms in total. The lowest BCUT2D eigenvalue weighted by molar-refractivity contribution is -0.127. The van der Waals surface area contributed by atoms with Crippen LogP contribution < -0.4 is 0 Å². The summed E-state index contributed by atoms with van der Waals surface area (Å²) in [5.41, 5.74) is 3.09. The Balaban J connectivity index is 1.51. The third kappa shape index (κ3) is 5.85. The average molecular weight is 482 g/mol. The smallest absolute Gasteiger partial charge is 0.233 e. The summed E-state index contributed by atoms with van der Waals surface area (Å²) in [5, 5.41) is 9.60. The molecule has 1 fully saturated rings. The number of hydrogen-bond donors (Lipinski definition) is 0. The van der Waals surface area contributed by atoms with Crippen LogP contribution in [0.25, 0.3) is 5.69 Å². The summed E-state index contributed by atoms with van der Waals surface area (Å²) in [6.45, 7) is 6.81. The number of hydrogen-bond acceptors (Lipinski definition) is 5. The predicted octanol–water partition coefficient (Wildman–Crippen LogP) is 5.01. The van der Waals surface area contributed by atoms with Crippen molar-refractivity contribution in [2.45, 2.75) is 50.9 Å². The Hall–Kier alpha value is -2.71. The fourth-order valence-corrected chi connectivity index (χ4v) is 5.14. The summed E-state index contributed by atoms with van der Waals surface area (Å²) >= 11 is 1.37. The monoisotopic (exact) mass is 481 g/mol. The Labute approximate surface area is 205 Å². The van der Waals surface area contributed by atoms with Crippen LogP contribution in [0.3, 0.4) is 0 Å². The van der Waals surface area contributed by atoms with Crippen molar-refractivity contribution in [1.82, 2.24) is 24.6 Å². The number of rotatable bonds is 8. The highest BCUT2D eigenvalue weighted by Gasteiger charge is 2.26. The van der Waals surface area contributed by atoms with E-state index < -0.39 is 0 Å². The van der Waals surface area contributed by atoms with Crippen molar-refractivity contribution in [2.75, 3.05) is 25.9 Å². The highest BCUT2D eigenvalue weighted by atomic mass is 32.2. The molecule has 0 radical (unpaired) electrons. The molecule has 0 unspecified atom stereocenters. The molecule has 0 spiro atoms. The lowest BCUT2D eigenvalue weighted by atomic mass is 10.1. The van der Waals surface area contributed by atoms with Crippen LogP contribution in [-0.4, -0.2) is 56.4 Å². The van der Waals surface area contributed by atoms with E-state index in [1.54, 1.807) is 17.0 Å². The van der Waals surface area contributed by atoms with Crippen LogP contribution in [0, 0.1) is 12.7 Å². The van der Waals surface area contributed by atoms with Gasteiger partial charge in [0.1, 0.15) is 5.82 Å². The largest absolute Gasteiger partial charge is 0.341 e. The minimum Gasteiger partial charge on any atom is -0.341 e. The molecule has 3 aromatic rings. The molecule has 180 valence electrons. The second-order valence-corrected chi connectivity index (χ2v) is 9.89. The minimum absolute atomic E-state index is 0.0184. The summed E-state index contributed by atoms with van der Waals surface area (Å²) in [4.78, 5) is 17.0. The fourth-order valence-electron chi connectivity index (χ4n) is 4.24. The molecule has 1 saturated heterocycles. The van der Waals surface area contributed by atoms with Crippen LogP contribution >= 0.6 is 11.8 Å². The molecule has 2 aromatic carbocycles. The third-order valence-electron chi connectivity index (χ3n) is 6.35. The van der Waals surface area contributed by atoms with Crippen molar-refractivity contribution in [3.05, 3.63) is 71.3 Å². The quantitative estimate of drug-likeness (QED) is 0.423. The van der Waals surface area contributed by atoms with Crippen molar-refractivity contribution < 1.29 is 9.18 Å². The number of nitrogens with zero attached hydrogens (tertiary/aromatic N) is 5. The molecule has 34 heavy (non-hydrogen) atoms. The topological polar surface area (TPSA) is 54.3 Å². The molecule has 0 aliphatic carbocycles. The molecular weight excluding hydrogens is 449 g/mol. The Morgan fingerprint density at radius 2 is 1.74 bits per heavy atom. The van der Waals surface area contributed by atoms with Gasteiger partial charge in [-0.1, -0.05) is 48.0 Å². The lowest BCUT2D eigenvalue weighted by Crippen LogP contribution is -2.33. The Morgan fingerprint density at radius 1 is 1.06 bits per heavy atom. The van der Waals surface area contributed by atoms with Gasteiger partial charge in [-0.05, 0) is 69.6 Å². The number of halogens is 1. The van der Waals surface area contributed by atoms with Gasteiger partial charge >= 0.3 is 0 Å². The molecule has 1 aliphatic heterocycles. The molecule has 1 atom stereocenters. The van der Waals surface area contributed by atoms with Gasteiger partial charge in [0, 0.05) is 19.3 Å². The van der Waals surface area contributed by atoms with Gasteiger partial charge in [-0.3, -0.25) is 14.3 Å². The molecule has 0 saturated carbocycles. The molecule has 1 amide bonds. The second-order valence-electron chi connectivity index (χ2n) is 8.95. The standard InChI is InChI=1S/C26H32FN5OS/c1-19-7-9-21(10-8-19)17-30(3)24(33)18-34-26-29-28-25(20(2)31-15-5-4-6-16-31)32(26)23-13-11-22(27)12-14-23/h7-14,20H,4-6,15-18H2,1-3H3/t20-/m1/s1. The predicted molar refractivity (Wildman–Crippen MR) is 134 cm³/mol. The number of amides is 1. The van der Waals surface area contributed by atoms with E-state index in [4.69, 9.17) is 0 Å². The summed E-state index contributed by atoms with van der Waals surface area (Å²) in [6, 6.07) is 14.6. The molecule has 4 rings (SSSR count). The van der Waals surface area contributed by atoms with Gasteiger partial charge in [0.2, 0.25) is 5.91 Å². The van der Waals surface area contributed by atoms with Crippen molar-refractivity contribution in [1.29, 1.82) is 0 Å². The molecule has 1 aliphatic rings. The molecule has 8 heteroatoms. The number of aryl methyl sites for hydroxylation is 1. The van der Waals surface area contributed by atoms with E-state index in [0.29, 0.717) is 11.7 Å². The average Bonchev–Trinajstić information content (AvgIpc) is 3.28. The van der Waals surface area contributed by atoms with Crippen LogP contribution in [0.5, 0.6) is 0 Å². The van der Waals surface area contributed by atoms with Crippen molar-refractivity contribution in [2.24, 2.45) is 0 Å². The number of carbonyl (C=O) groups is 1. The van der Waals surface area contributed by atoms with Crippen LogP contribution in [0.2, 0.25) is 0 Å². The van der Waals surface area contributed by atoms with Crippen LogP contribution in [0.1, 0.15) is 49.2 Å². The molecule has 0 bridgehead atoms. The third-order valence-corrected chi connectivity index (χ3v) is 7.26. The number of likely N-dealkylation sites (tertiary alicyclic amines) is 1. The Morgan fingerprint density at radius 3 is 2.41 bits per heavy atom. The van der Waals surface area contributed by atoms with E-state index in [0.717, 1.165) is 30.2 Å². The van der Waals surface area contributed by atoms with E-state index in [1.165, 1.54) is 48.7 Å².